The van der Waals surface area contributed by atoms with Crippen LogP contribution in [0.25, 0.3) is 0 Å². The Bertz CT molecular complexity index is 360. The van der Waals surface area contributed by atoms with Gasteiger partial charge in [-0.15, -0.1) is 0 Å². The lowest BCUT2D eigenvalue weighted by Crippen LogP contribution is -2.25. The Labute approximate surface area is 103 Å². The van der Waals surface area contributed by atoms with Gasteiger partial charge in [0.25, 0.3) is 0 Å². The van der Waals surface area contributed by atoms with E-state index in [9.17, 15) is 0 Å². The van der Waals surface area contributed by atoms with Gasteiger partial charge in [0.05, 0.1) is 12.3 Å². The molecular weight excluding hydrogens is 214 g/mol. The fraction of sp³-hybridized carbons (Fsp3) is 0.769. The van der Waals surface area contributed by atoms with Crippen LogP contribution in [-0.2, 0) is 30.7 Å². The first-order valence-electron chi connectivity index (χ1n) is 6.72. The highest BCUT2D eigenvalue weighted by molar-refractivity contribution is 5.20. The molecule has 2 heterocycles. The fourth-order valence-corrected chi connectivity index (χ4v) is 2.41. The number of hydrogen-bond donors (Lipinski definition) is 1. The summed E-state index contributed by atoms with van der Waals surface area (Å²) in [5, 5.41) is 3.38. The Hall–Kier alpha value is -0.870. The first kappa shape index (κ1) is 12.6. The van der Waals surface area contributed by atoms with Gasteiger partial charge in [0.15, 0.2) is 0 Å². The molecule has 0 aromatic carbocycles. The van der Waals surface area contributed by atoms with Gasteiger partial charge in [0.1, 0.15) is 5.82 Å². The molecule has 2 rings (SSSR count). The van der Waals surface area contributed by atoms with Gasteiger partial charge >= 0.3 is 0 Å². The lowest BCUT2D eigenvalue weighted by molar-refractivity contribution is 0.137. The van der Waals surface area contributed by atoms with Crippen molar-refractivity contribution in [2.45, 2.75) is 46.2 Å². The monoisotopic (exact) mass is 237 g/mol. The number of nitrogens with one attached hydrogen (secondary N) is 1. The SMILES string of the molecule is CCCc1nc2c(n1CCOCC)CCNC2. The molecule has 1 aromatic rings. The van der Waals surface area contributed by atoms with Gasteiger partial charge in [-0.3, -0.25) is 0 Å². The predicted octanol–water partition coefficient (Wildman–Crippen LogP) is 1.52. The molecule has 4 heteroatoms. The van der Waals surface area contributed by atoms with E-state index in [-0.39, 0.29) is 0 Å². The van der Waals surface area contributed by atoms with E-state index in [0.29, 0.717) is 0 Å². The van der Waals surface area contributed by atoms with Crippen LogP contribution in [-0.4, -0.2) is 29.3 Å². The van der Waals surface area contributed by atoms with E-state index in [1.54, 1.807) is 0 Å². The molecule has 4 nitrogen and oxygen atoms in total. The van der Waals surface area contributed by atoms with Gasteiger partial charge in [-0.05, 0) is 13.3 Å². The van der Waals surface area contributed by atoms with E-state index < -0.39 is 0 Å². The quantitative estimate of drug-likeness (QED) is 0.762. The summed E-state index contributed by atoms with van der Waals surface area (Å²) in [6.07, 6.45) is 3.31. The van der Waals surface area contributed by atoms with Gasteiger partial charge < -0.3 is 14.6 Å². The number of rotatable bonds is 6. The maximum Gasteiger partial charge on any atom is 0.109 e. The van der Waals surface area contributed by atoms with Crippen LogP contribution < -0.4 is 5.32 Å². The van der Waals surface area contributed by atoms with Gasteiger partial charge in [-0.25, -0.2) is 4.98 Å². The van der Waals surface area contributed by atoms with Gasteiger partial charge in [-0.2, -0.15) is 0 Å². The summed E-state index contributed by atoms with van der Waals surface area (Å²) in [5.41, 5.74) is 2.67. The van der Waals surface area contributed by atoms with E-state index in [4.69, 9.17) is 9.72 Å². The minimum atomic E-state index is 0.793. The zero-order valence-corrected chi connectivity index (χ0v) is 11.0. The van der Waals surface area contributed by atoms with Crippen LogP contribution in [0.2, 0.25) is 0 Å². The average molecular weight is 237 g/mol. The van der Waals surface area contributed by atoms with Crippen molar-refractivity contribution < 1.29 is 4.74 Å². The molecule has 0 aliphatic carbocycles. The number of ether oxygens (including phenoxy) is 1. The zero-order chi connectivity index (χ0) is 12.1. The summed E-state index contributed by atoms with van der Waals surface area (Å²) in [7, 11) is 0. The third kappa shape index (κ3) is 2.87. The molecule has 17 heavy (non-hydrogen) atoms. The summed E-state index contributed by atoms with van der Waals surface area (Å²) in [6, 6.07) is 0. The molecule has 0 saturated heterocycles. The smallest absolute Gasteiger partial charge is 0.109 e. The molecule has 0 bridgehead atoms. The number of aryl methyl sites for hydroxylation is 1. The van der Waals surface area contributed by atoms with Crippen LogP contribution in [0.15, 0.2) is 0 Å². The Kier molecular flexibility index (Phi) is 4.57. The van der Waals surface area contributed by atoms with Crippen LogP contribution in [0.3, 0.4) is 0 Å². The second-order valence-corrected chi connectivity index (χ2v) is 4.45. The molecule has 1 N–H and O–H groups in total. The highest BCUT2D eigenvalue weighted by atomic mass is 16.5. The maximum atomic E-state index is 5.47. The number of aromatic nitrogens is 2. The summed E-state index contributed by atoms with van der Waals surface area (Å²) in [4.78, 5) is 4.76. The number of nitrogens with zero attached hydrogens (tertiary/aromatic N) is 2. The largest absolute Gasteiger partial charge is 0.380 e. The highest BCUT2D eigenvalue weighted by Gasteiger charge is 2.18. The van der Waals surface area contributed by atoms with E-state index in [1.807, 2.05) is 6.92 Å². The van der Waals surface area contributed by atoms with Crippen LogP contribution in [0, 0.1) is 0 Å². The van der Waals surface area contributed by atoms with Crippen molar-refractivity contribution in [2.24, 2.45) is 0 Å². The van der Waals surface area contributed by atoms with Crippen molar-refractivity contribution in [3.8, 4) is 0 Å². The first-order chi connectivity index (χ1) is 8.36. The fourth-order valence-electron chi connectivity index (χ4n) is 2.41. The summed E-state index contributed by atoms with van der Waals surface area (Å²) in [5.74, 6) is 1.24. The molecule has 0 atom stereocenters. The Morgan fingerprint density at radius 1 is 1.41 bits per heavy atom. The number of hydrogen-bond acceptors (Lipinski definition) is 3. The van der Waals surface area contributed by atoms with Gasteiger partial charge in [0.2, 0.25) is 0 Å². The first-order valence-corrected chi connectivity index (χ1v) is 6.72. The van der Waals surface area contributed by atoms with E-state index in [1.165, 1.54) is 17.2 Å². The third-order valence-electron chi connectivity index (χ3n) is 3.20. The van der Waals surface area contributed by atoms with Crippen molar-refractivity contribution in [3.63, 3.8) is 0 Å². The number of imidazole rings is 1. The van der Waals surface area contributed by atoms with E-state index in [0.717, 1.165) is 52.1 Å². The average Bonchev–Trinajstić information content (AvgIpc) is 2.69. The minimum Gasteiger partial charge on any atom is -0.380 e. The van der Waals surface area contributed by atoms with Crippen LogP contribution >= 0.6 is 0 Å². The van der Waals surface area contributed by atoms with E-state index >= 15 is 0 Å². The lowest BCUT2D eigenvalue weighted by Gasteiger charge is -2.16. The molecule has 0 spiro atoms. The predicted molar refractivity (Wildman–Crippen MR) is 68.1 cm³/mol. The van der Waals surface area contributed by atoms with Crippen LogP contribution in [0.5, 0.6) is 0 Å². The maximum absolute atomic E-state index is 5.47. The van der Waals surface area contributed by atoms with Crippen LogP contribution in [0.4, 0.5) is 0 Å². The summed E-state index contributed by atoms with van der Waals surface area (Å²) < 4.78 is 7.85. The molecule has 96 valence electrons. The standard InChI is InChI=1S/C13H23N3O/c1-3-5-13-15-11-10-14-7-6-12(11)16(13)8-9-17-4-2/h14H,3-10H2,1-2H3. The van der Waals surface area contributed by atoms with Gasteiger partial charge in [-0.1, -0.05) is 6.92 Å². The normalized spacial score (nSPS) is 14.9. The topological polar surface area (TPSA) is 39.1 Å². The van der Waals surface area contributed by atoms with Crippen molar-refractivity contribution in [2.75, 3.05) is 19.8 Å². The lowest BCUT2D eigenvalue weighted by atomic mass is 10.2. The van der Waals surface area contributed by atoms with E-state index in [2.05, 4.69) is 16.8 Å². The molecule has 1 aromatic heterocycles. The van der Waals surface area contributed by atoms with Crippen molar-refractivity contribution >= 4 is 0 Å². The minimum absolute atomic E-state index is 0.793. The number of fused-ring (bicyclic) bond motifs is 1. The van der Waals surface area contributed by atoms with Crippen LogP contribution in [0.1, 0.15) is 37.5 Å². The Morgan fingerprint density at radius 3 is 3.06 bits per heavy atom. The van der Waals surface area contributed by atoms with Crippen molar-refractivity contribution in [3.05, 3.63) is 17.2 Å². The molecule has 0 fully saturated rings. The Morgan fingerprint density at radius 2 is 2.29 bits per heavy atom. The molecule has 0 unspecified atom stereocenters. The molecule has 1 aliphatic heterocycles. The summed E-state index contributed by atoms with van der Waals surface area (Å²) >= 11 is 0. The molecule has 0 radical (unpaired) electrons. The highest BCUT2D eigenvalue weighted by Crippen LogP contribution is 2.17. The third-order valence-corrected chi connectivity index (χ3v) is 3.20. The van der Waals surface area contributed by atoms with Crippen molar-refractivity contribution in [1.82, 2.24) is 14.9 Å². The second-order valence-electron chi connectivity index (χ2n) is 4.45. The molecule has 0 saturated carbocycles. The van der Waals surface area contributed by atoms with Gasteiger partial charge in [0, 0.05) is 44.8 Å². The summed E-state index contributed by atoms with van der Waals surface area (Å²) in [6.45, 7) is 8.78. The Balaban J connectivity index is 2.16. The molecular formula is C13H23N3O. The second kappa shape index (κ2) is 6.17. The molecule has 0 amide bonds. The zero-order valence-electron chi connectivity index (χ0n) is 11.0. The van der Waals surface area contributed by atoms with Crippen molar-refractivity contribution in [1.29, 1.82) is 0 Å². The molecule has 1 aliphatic rings.